The van der Waals surface area contributed by atoms with Crippen LogP contribution in [0.15, 0.2) is 0 Å². The molecule has 3 N–H and O–H groups in total. The monoisotopic (exact) mass is 218 g/mol. The summed E-state index contributed by atoms with van der Waals surface area (Å²) in [5.41, 5.74) is 0. The lowest BCUT2D eigenvalue weighted by Gasteiger charge is -2.16. The first-order chi connectivity index (χ1) is 6.63. The predicted molar refractivity (Wildman–Crippen MR) is 58.4 cm³/mol. The van der Waals surface area contributed by atoms with E-state index in [9.17, 15) is 9.90 Å². The van der Waals surface area contributed by atoms with E-state index in [0.29, 0.717) is 13.0 Å². The van der Waals surface area contributed by atoms with Crippen molar-refractivity contribution >= 4 is 17.7 Å². The van der Waals surface area contributed by atoms with Crippen LogP contribution in [0.1, 0.15) is 13.3 Å². The zero-order chi connectivity index (χ0) is 10.6. The molecule has 1 saturated heterocycles. The molecule has 3 atom stereocenters. The highest BCUT2D eigenvalue weighted by Gasteiger charge is 2.28. The first kappa shape index (κ1) is 11.8. The predicted octanol–water partition coefficient (Wildman–Crippen LogP) is -0.423. The van der Waals surface area contributed by atoms with Gasteiger partial charge in [0.05, 0.1) is 12.1 Å². The van der Waals surface area contributed by atoms with E-state index in [-0.39, 0.29) is 24.1 Å². The van der Waals surface area contributed by atoms with Crippen molar-refractivity contribution in [3.63, 3.8) is 0 Å². The Morgan fingerprint density at radius 2 is 2.50 bits per heavy atom. The van der Waals surface area contributed by atoms with Crippen molar-refractivity contribution in [2.24, 2.45) is 0 Å². The second-order valence-electron chi connectivity index (χ2n) is 3.72. The van der Waals surface area contributed by atoms with Crippen LogP contribution in [0.5, 0.6) is 0 Å². The lowest BCUT2D eigenvalue weighted by molar-refractivity contribution is -0.123. The van der Waals surface area contributed by atoms with Gasteiger partial charge in [0.2, 0.25) is 5.91 Å². The molecule has 0 aromatic rings. The lowest BCUT2D eigenvalue weighted by Crippen LogP contribution is -2.44. The zero-order valence-corrected chi connectivity index (χ0v) is 9.43. The number of rotatable bonds is 4. The molecule has 1 rings (SSSR count). The Kier molecular flexibility index (Phi) is 4.71. The summed E-state index contributed by atoms with van der Waals surface area (Å²) in [6.45, 7) is 2.51. The van der Waals surface area contributed by atoms with Gasteiger partial charge in [-0.15, -0.1) is 0 Å². The fourth-order valence-electron chi connectivity index (χ4n) is 1.55. The molecule has 0 radical (unpaired) electrons. The Labute approximate surface area is 88.8 Å². The Balaban J connectivity index is 2.27. The second kappa shape index (κ2) is 5.58. The first-order valence-corrected chi connectivity index (χ1v) is 6.23. The summed E-state index contributed by atoms with van der Waals surface area (Å²) in [7, 11) is 0. The van der Waals surface area contributed by atoms with Gasteiger partial charge < -0.3 is 15.7 Å². The summed E-state index contributed by atoms with van der Waals surface area (Å²) < 4.78 is 0. The molecule has 0 aromatic heterocycles. The number of nitrogens with one attached hydrogen (secondary N) is 2. The molecule has 0 spiro atoms. The van der Waals surface area contributed by atoms with Gasteiger partial charge in [-0.1, -0.05) is 0 Å². The number of hydrogen-bond donors (Lipinski definition) is 3. The van der Waals surface area contributed by atoms with Crippen LogP contribution in [0.2, 0.25) is 0 Å². The summed E-state index contributed by atoms with van der Waals surface area (Å²) in [6.07, 6.45) is 2.17. The number of amides is 1. The van der Waals surface area contributed by atoms with Crippen LogP contribution in [0.3, 0.4) is 0 Å². The molecule has 0 aromatic carbocycles. The largest absolute Gasteiger partial charge is 0.392 e. The van der Waals surface area contributed by atoms with Gasteiger partial charge in [0.1, 0.15) is 0 Å². The Hall–Kier alpha value is -0.260. The van der Waals surface area contributed by atoms with E-state index in [1.165, 1.54) is 0 Å². The van der Waals surface area contributed by atoms with Crippen LogP contribution in [0.4, 0.5) is 0 Å². The Bertz CT molecular complexity index is 201. The molecule has 14 heavy (non-hydrogen) atoms. The second-order valence-corrected chi connectivity index (χ2v) is 4.63. The van der Waals surface area contributed by atoms with Crippen LogP contribution in [0.25, 0.3) is 0 Å². The molecular weight excluding hydrogens is 200 g/mol. The molecule has 4 nitrogen and oxygen atoms in total. The maximum absolute atomic E-state index is 11.6. The fourth-order valence-corrected chi connectivity index (χ4v) is 2.14. The number of aliphatic hydroxyl groups is 1. The van der Waals surface area contributed by atoms with E-state index in [0.717, 1.165) is 5.75 Å². The Morgan fingerprint density at radius 3 is 3.00 bits per heavy atom. The van der Waals surface area contributed by atoms with Crippen molar-refractivity contribution in [3.05, 3.63) is 0 Å². The van der Waals surface area contributed by atoms with Crippen LogP contribution in [0, 0.1) is 0 Å². The zero-order valence-electron chi connectivity index (χ0n) is 8.62. The van der Waals surface area contributed by atoms with Crippen molar-refractivity contribution in [2.75, 3.05) is 18.6 Å². The number of aliphatic hydroxyl groups excluding tert-OH is 1. The molecule has 1 amide bonds. The minimum atomic E-state index is -0.374. The maximum Gasteiger partial charge on any atom is 0.237 e. The molecular formula is C9H18N2O2S. The third-order valence-electron chi connectivity index (χ3n) is 2.23. The molecule has 1 aliphatic heterocycles. The number of carbonyl (C=O) groups excluding carboxylic acids is 1. The van der Waals surface area contributed by atoms with Crippen LogP contribution in [-0.2, 0) is 4.79 Å². The molecule has 3 unspecified atom stereocenters. The van der Waals surface area contributed by atoms with Gasteiger partial charge >= 0.3 is 0 Å². The highest BCUT2D eigenvalue weighted by molar-refractivity contribution is 7.98. The van der Waals surface area contributed by atoms with Crippen molar-refractivity contribution in [2.45, 2.75) is 31.5 Å². The summed E-state index contributed by atoms with van der Waals surface area (Å²) in [4.78, 5) is 11.6. The summed E-state index contributed by atoms with van der Waals surface area (Å²) in [5, 5.41) is 15.1. The van der Waals surface area contributed by atoms with Crippen LogP contribution < -0.4 is 10.6 Å². The van der Waals surface area contributed by atoms with Gasteiger partial charge in [-0.05, 0) is 19.6 Å². The SMILES string of the molecule is CSCC(C)NC(=O)C1CC(O)CN1. The quantitative estimate of drug-likeness (QED) is 0.599. The van der Waals surface area contributed by atoms with Gasteiger partial charge in [-0.3, -0.25) is 4.79 Å². The molecule has 82 valence electrons. The molecule has 1 fully saturated rings. The molecule has 1 heterocycles. The number of thioether (sulfide) groups is 1. The van der Waals surface area contributed by atoms with Crippen LogP contribution in [-0.4, -0.2) is 47.8 Å². The average Bonchev–Trinajstić information content (AvgIpc) is 2.52. The van der Waals surface area contributed by atoms with Crippen molar-refractivity contribution in [3.8, 4) is 0 Å². The van der Waals surface area contributed by atoms with Crippen molar-refractivity contribution in [1.29, 1.82) is 0 Å². The van der Waals surface area contributed by atoms with E-state index in [4.69, 9.17) is 0 Å². The molecule has 5 heteroatoms. The van der Waals surface area contributed by atoms with Crippen molar-refractivity contribution in [1.82, 2.24) is 10.6 Å². The van der Waals surface area contributed by atoms with Gasteiger partial charge in [0, 0.05) is 18.3 Å². The summed E-state index contributed by atoms with van der Waals surface area (Å²) in [6, 6.07) is -0.0219. The topological polar surface area (TPSA) is 61.4 Å². The van der Waals surface area contributed by atoms with Gasteiger partial charge in [-0.2, -0.15) is 11.8 Å². The minimum Gasteiger partial charge on any atom is -0.392 e. The standard InChI is InChI=1S/C9H18N2O2S/c1-6(5-14-2)11-9(13)8-3-7(12)4-10-8/h6-8,10,12H,3-5H2,1-2H3,(H,11,13). The van der Waals surface area contributed by atoms with E-state index >= 15 is 0 Å². The van der Waals surface area contributed by atoms with Crippen LogP contribution >= 0.6 is 11.8 Å². The molecule has 0 bridgehead atoms. The fraction of sp³-hybridized carbons (Fsp3) is 0.889. The lowest BCUT2D eigenvalue weighted by atomic mass is 10.2. The number of hydrogen-bond acceptors (Lipinski definition) is 4. The van der Waals surface area contributed by atoms with E-state index in [2.05, 4.69) is 10.6 Å². The molecule has 0 saturated carbocycles. The average molecular weight is 218 g/mol. The molecule has 0 aliphatic carbocycles. The van der Waals surface area contributed by atoms with Gasteiger partial charge in [-0.25, -0.2) is 0 Å². The highest BCUT2D eigenvalue weighted by atomic mass is 32.2. The van der Waals surface area contributed by atoms with E-state index in [1.54, 1.807) is 11.8 Å². The summed E-state index contributed by atoms with van der Waals surface area (Å²) >= 11 is 1.71. The third kappa shape index (κ3) is 3.48. The normalized spacial score (nSPS) is 28.8. The third-order valence-corrected chi connectivity index (χ3v) is 3.06. The van der Waals surface area contributed by atoms with E-state index < -0.39 is 0 Å². The van der Waals surface area contributed by atoms with Gasteiger partial charge in [0.15, 0.2) is 0 Å². The minimum absolute atomic E-state index is 0.00287. The summed E-state index contributed by atoms with van der Waals surface area (Å²) in [5.74, 6) is 0.921. The van der Waals surface area contributed by atoms with Gasteiger partial charge in [0.25, 0.3) is 0 Å². The number of β-amino-alcohol motifs (C(OH)–C–C–N with tert-alkyl or cyclic N) is 1. The maximum atomic E-state index is 11.6. The smallest absolute Gasteiger partial charge is 0.237 e. The first-order valence-electron chi connectivity index (χ1n) is 4.84. The number of carbonyl (C=O) groups is 1. The highest BCUT2D eigenvalue weighted by Crippen LogP contribution is 2.06. The molecule has 1 aliphatic rings. The van der Waals surface area contributed by atoms with Crippen molar-refractivity contribution < 1.29 is 9.90 Å². The van der Waals surface area contributed by atoms with E-state index in [1.807, 2.05) is 13.2 Å². The Morgan fingerprint density at radius 1 is 1.79 bits per heavy atom.